The van der Waals surface area contributed by atoms with Crippen LogP contribution in [0.1, 0.15) is 60.0 Å². The first-order valence-corrected chi connectivity index (χ1v) is 10.3. The second-order valence-corrected chi connectivity index (χ2v) is 8.53. The molecular formula is C21H26N4O3. The molecule has 0 radical (unpaired) electrons. The van der Waals surface area contributed by atoms with Crippen LogP contribution < -0.4 is 16.0 Å². The highest BCUT2D eigenvalue weighted by atomic mass is 16.2. The van der Waals surface area contributed by atoms with Crippen molar-refractivity contribution in [2.24, 2.45) is 0 Å². The molecule has 148 valence electrons. The minimum absolute atomic E-state index is 0.105. The van der Waals surface area contributed by atoms with Crippen molar-refractivity contribution in [1.82, 2.24) is 20.9 Å². The molecule has 1 aromatic carbocycles. The Balaban J connectivity index is 1.29. The van der Waals surface area contributed by atoms with Gasteiger partial charge >= 0.3 is 0 Å². The zero-order valence-electron chi connectivity index (χ0n) is 15.9. The fourth-order valence-electron chi connectivity index (χ4n) is 5.29. The average Bonchev–Trinajstić information content (AvgIpc) is 3.19. The summed E-state index contributed by atoms with van der Waals surface area (Å²) in [5.74, 6) is -0.722. The van der Waals surface area contributed by atoms with E-state index in [0.717, 1.165) is 30.5 Å². The Labute approximate surface area is 164 Å². The van der Waals surface area contributed by atoms with Gasteiger partial charge in [-0.05, 0) is 49.3 Å². The van der Waals surface area contributed by atoms with Gasteiger partial charge in [-0.25, -0.2) is 0 Å². The molecule has 5 rings (SSSR count). The van der Waals surface area contributed by atoms with Crippen molar-refractivity contribution in [3.05, 3.63) is 34.9 Å². The third-order valence-corrected chi connectivity index (χ3v) is 6.73. The number of amides is 3. The lowest BCUT2D eigenvalue weighted by Crippen LogP contribution is -2.52. The van der Waals surface area contributed by atoms with E-state index in [1.165, 1.54) is 12.8 Å². The van der Waals surface area contributed by atoms with Crippen LogP contribution in [0.5, 0.6) is 0 Å². The van der Waals surface area contributed by atoms with Crippen LogP contribution in [-0.2, 0) is 22.7 Å². The summed E-state index contributed by atoms with van der Waals surface area (Å²) < 4.78 is 0. The SMILES string of the molecule is O=C1CCC(N2Cc3c(CNC4C[C@H]5CC[C@@H](C4)N5)cccc3C2=O)C(=O)N1. The molecule has 0 spiro atoms. The van der Waals surface area contributed by atoms with E-state index in [0.29, 0.717) is 36.7 Å². The number of fused-ring (bicyclic) bond motifs is 3. The molecule has 3 fully saturated rings. The van der Waals surface area contributed by atoms with Gasteiger partial charge < -0.3 is 15.5 Å². The normalized spacial score (nSPS) is 31.9. The van der Waals surface area contributed by atoms with Gasteiger partial charge in [0.2, 0.25) is 11.8 Å². The zero-order valence-corrected chi connectivity index (χ0v) is 15.9. The molecule has 1 aromatic rings. The van der Waals surface area contributed by atoms with E-state index in [-0.39, 0.29) is 24.1 Å². The van der Waals surface area contributed by atoms with Crippen molar-refractivity contribution in [2.45, 2.75) is 75.8 Å². The molecule has 4 atom stereocenters. The van der Waals surface area contributed by atoms with Crippen LogP contribution in [0.15, 0.2) is 18.2 Å². The second kappa shape index (κ2) is 6.97. The Morgan fingerprint density at radius 1 is 1.07 bits per heavy atom. The summed E-state index contributed by atoms with van der Waals surface area (Å²) in [6, 6.07) is 7.08. The standard InChI is InChI=1S/C21H26N4O3/c26-19-7-6-18(20(27)24-19)25-11-17-12(2-1-3-16(17)21(25)28)10-22-15-8-13-4-5-14(9-15)23-13/h1-3,13-15,18,22-23H,4-11H2,(H,24,26,27)/t13-,14+,15?,18?. The number of rotatable bonds is 4. The first-order valence-electron chi connectivity index (χ1n) is 10.3. The van der Waals surface area contributed by atoms with Crippen LogP contribution in [-0.4, -0.2) is 46.8 Å². The van der Waals surface area contributed by atoms with E-state index in [1.807, 2.05) is 12.1 Å². The summed E-state index contributed by atoms with van der Waals surface area (Å²) in [5.41, 5.74) is 2.84. The molecular weight excluding hydrogens is 356 g/mol. The molecule has 3 N–H and O–H groups in total. The van der Waals surface area contributed by atoms with Crippen molar-refractivity contribution in [3.8, 4) is 0 Å². The molecule has 0 saturated carbocycles. The molecule has 4 heterocycles. The summed E-state index contributed by atoms with van der Waals surface area (Å²) in [5, 5.41) is 9.72. The summed E-state index contributed by atoms with van der Waals surface area (Å²) >= 11 is 0. The Morgan fingerprint density at radius 3 is 2.61 bits per heavy atom. The summed E-state index contributed by atoms with van der Waals surface area (Å²) in [6.07, 6.45) is 5.55. The summed E-state index contributed by atoms with van der Waals surface area (Å²) in [7, 11) is 0. The highest BCUT2D eigenvalue weighted by Crippen LogP contribution is 2.31. The van der Waals surface area contributed by atoms with Gasteiger partial charge in [0.15, 0.2) is 0 Å². The van der Waals surface area contributed by atoms with Crippen molar-refractivity contribution in [1.29, 1.82) is 0 Å². The molecule has 2 bridgehead atoms. The van der Waals surface area contributed by atoms with Gasteiger partial charge in [-0.15, -0.1) is 0 Å². The lowest BCUT2D eigenvalue weighted by molar-refractivity contribution is -0.136. The minimum Gasteiger partial charge on any atom is -0.322 e. The maximum Gasteiger partial charge on any atom is 0.255 e. The van der Waals surface area contributed by atoms with Gasteiger partial charge in [0.05, 0.1) is 0 Å². The predicted molar refractivity (Wildman–Crippen MR) is 102 cm³/mol. The molecule has 7 heteroatoms. The predicted octanol–water partition coefficient (Wildman–Crippen LogP) is 0.820. The monoisotopic (exact) mass is 382 g/mol. The van der Waals surface area contributed by atoms with Crippen LogP contribution >= 0.6 is 0 Å². The minimum atomic E-state index is -0.557. The van der Waals surface area contributed by atoms with E-state index in [1.54, 1.807) is 4.90 Å². The van der Waals surface area contributed by atoms with Gasteiger partial charge in [-0.3, -0.25) is 19.7 Å². The molecule has 2 unspecified atom stereocenters. The van der Waals surface area contributed by atoms with Crippen molar-refractivity contribution in [3.63, 3.8) is 0 Å². The Bertz CT molecular complexity index is 827. The van der Waals surface area contributed by atoms with Gasteiger partial charge in [0, 0.05) is 43.2 Å². The maximum atomic E-state index is 12.9. The average molecular weight is 382 g/mol. The first-order chi connectivity index (χ1) is 13.6. The molecule has 28 heavy (non-hydrogen) atoms. The lowest BCUT2D eigenvalue weighted by atomic mass is 9.98. The fourth-order valence-corrected chi connectivity index (χ4v) is 5.29. The number of imide groups is 1. The number of carbonyl (C=O) groups excluding carboxylic acids is 3. The first kappa shape index (κ1) is 17.8. The number of hydrogen-bond acceptors (Lipinski definition) is 5. The smallest absolute Gasteiger partial charge is 0.255 e. The Kier molecular flexibility index (Phi) is 4.44. The zero-order chi connectivity index (χ0) is 19.3. The highest BCUT2D eigenvalue weighted by molar-refractivity contribution is 6.05. The summed E-state index contributed by atoms with van der Waals surface area (Å²) in [4.78, 5) is 38.2. The topological polar surface area (TPSA) is 90.5 Å². The quantitative estimate of drug-likeness (QED) is 0.671. The van der Waals surface area contributed by atoms with E-state index in [2.05, 4.69) is 22.0 Å². The van der Waals surface area contributed by atoms with Crippen molar-refractivity contribution < 1.29 is 14.4 Å². The van der Waals surface area contributed by atoms with Crippen LogP contribution in [0.3, 0.4) is 0 Å². The lowest BCUT2D eigenvalue weighted by Gasteiger charge is -2.30. The van der Waals surface area contributed by atoms with Crippen LogP contribution in [0.2, 0.25) is 0 Å². The van der Waals surface area contributed by atoms with Crippen LogP contribution in [0, 0.1) is 0 Å². The number of piperidine rings is 2. The van der Waals surface area contributed by atoms with Gasteiger partial charge in [-0.1, -0.05) is 12.1 Å². The van der Waals surface area contributed by atoms with Gasteiger partial charge in [-0.2, -0.15) is 0 Å². The molecule has 0 aliphatic carbocycles. The van der Waals surface area contributed by atoms with E-state index in [9.17, 15) is 14.4 Å². The third kappa shape index (κ3) is 3.12. The van der Waals surface area contributed by atoms with Crippen LogP contribution in [0.25, 0.3) is 0 Å². The number of carbonyl (C=O) groups is 3. The van der Waals surface area contributed by atoms with E-state index < -0.39 is 6.04 Å². The number of nitrogens with zero attached hydrogens (tertiary/aromatic N) is 1. The number of benzene rings is 1. The largest absolute Gasteiger partial charge is 0.322 e. The molecule has 4 aliphatic heterocycles. The van der Waals surface area contributed by atoms with E-state index in [4.69, 9.17) is 0 Å². The van der Waals surface area contributed by atoms with Gasteiger partial charge in [0.25, 0.3) is 5.91 Å². The van der Waals surface area contributed by atoms with E-state index >= 15 is 0 Å². The molecule has 0 aromatic heterocycles. The highest BCUT2D eigenvalue weighted by Gasteiger charge is 2.40. The third-order valence-electron chi connectivity index (χ3n) is 6.73. The Hall–Kier alpha value is -2.25. The number of hydrogen-bond donors (Lipinski definition) is 3. The van der Waals surface area contributed by atoms with Crippen molar-refractivity contribution in [2.75, 3.05) is 0 Å². The molecule has 7 nitrogen and oxygen atoms in total. The fraction of sp³-hybridized carbons (Fsp3) is 0.571. The van der Waals surface area contributed by atoms with Crippen LogP contribution in [0.4, 0.5) is 0 Å². The molecule has 3 saturated heterocycles. The second-order valence-electron chi connectivity index (χ2n) is 8.53. The molecule has 3 amide bonds. The summed E-state index contributed by atoms with van der Waals surface area (Å²) in [6.45, 7) is 1.18. The molecule has 4 aliphatic rings. The maximum absolute atomic E-state index is 12.9. The Morgan fingerprint density at radius 2 is 1.86 bits per heavy atom. The number of nitrogens with one attached hydrogen (secondary N) is 3. The van der Waals surface area contributed by atoms with Crippen molar-refractivity contribution >= 4 is 17.7 Å². The van der Waals surface area contributed by atoms with Gasteiger partial charge in [0.1, 0.15) is 6.04 Å².